The van der Waals surface area contributed by atoms with Gasteiger partial charge >= 0.3 is 0 Å². The quantitative estimate of drug-likeness (QED) is 0.809. The number of benzene rings is 1. The molecule has 4 N–H and O–H groups in total. The molecule has 1 aromatic rings. The maximum atomic E-state index is 6.27. The van der Waals surface area contributed by atoms with Crippen LogP contribution in [-0.2, 0) is 6.42 Å². The Morgan fingerprint density at radius 2 is 1.89 bits per heavy atom. The van der Waals surface area contributed by atoms with Gasteiger partial charge in [0.05, 0.1) is 6.61 Å². The van der Waals surface area contributed by atoms with E-state index in [2.05, 4.69) is 0 Å². The van der Waals surface area contributed by atoms with Gasteiger partial charge in [-0.25, -0.2) is 0 Å². The molecule has 0 unspecified atom stereocenters. The molecule has 0 amide bonds. The third kappa shape index (κ3) is 4.10. The Balaban J connectivity index is 3.02. The van der Waals surface area contributed by atoms with Gasteiger partial charge in [-0.15, -0.1) is 0 Å². The molecule has 3 nitrogen and oxygen atoms in total. The van der Waals surface area contributed by atoms with E-state index in [-0.39, 0.29) is 0 Å². The van der Waals surface area contributed by atoms with Crippen molar-refractivity contribution < 1.29 is 4.74 Å². The van der Waals surface area contributed by atoms with Gasteiger partial charge < -0.3 is 16.2 Å². The third-order valence-corrected chi connectivity index (χ3v) is 3.94. The van der Waals surface area contributed by atoms with E-state index in [0.29, 0.717) is 25.6 Å². The van der Waals surface area contributed by atoms with E-state index in [1.54, 1.807) is 0 Å². The highest BCUT2D eigenvalue weighted by atomic mass is 35.5. The monoisotopic (exact) mass is 284 g/mol. The van der Waals surface area contributed by atoms with E-state index >= 15 is 0 Å². The normalized spacial score (nSPS) is 11.1. The lowest BCUT2D eigenvalue weighted by atomic mass is 9.94. The Morgan fingerprint density at radius 1 is 1.26 bits per heavy atom. The molecule has 0 saturated heterocycles. The zero-order valence-corrected chi connectivity index (χ0v) is 12.9. The number of hydrogen-bond acceptors (Lipinski definition) is 3. The van der Waals surface area contributed by atoms with Crippen LogP contribution in [-0.4, -0.2) is 19.7 Å². The van der Waals surface area contributed by atoms with Crippen LogP contribution in [0.2, 0.25) is 5.02 Å². The second-order valence-corrected chi connectivity index (χ2v) is 5.32. The molecule has 0 aliphatic carbocycles. The molecule has 0 heterocycles. The molecule has 0 fully saturated rings. The highest BCUT2D eigenvalue weighted by molar-refractivity contribution is 6.31. The van der Waals surface area contributed by atoms with Crippen LogP contribution in [0.15, 0.2) is 6.07 Å². The fourth-order valence-electron chi connectivity index (χ4n) is 2.24. The fraction of sp³-hybridized carbons (Fsp3) is 0.600. The van der Waals surface area contributed by atoms with Crippen LogP contribution in [0.4, 0.5) is 0 Å². The van der Waals surface area contributed by atoms with Crippen molar-refractivity contribution in [2.75, 3.05) is 19.7 Å². The lowest BCUT2D eigenvalue weighted by molar-refractivity contribution is 0.332. The third-order valence-electron chi connectivity index (χ3n) is 3.54. The Bertz CT molecular complexity index is 417. The molecule has 0 radical (unpaired) electrons. The molecular weight excluding hydrogens is 260 g/mol. The molecule has 0 aliphatic heterocycles. The van der Waals surface area contributed by atoms with Gasteiger partial charge in [0.2, 0.25) is 0 Å². The number of ether oxygens (including phenoxy) is 1. The van der Waals surface area contributed by atoms with Crippen LogP contribution in [0.1, 0.15) is 30.0 Å². The van der Waals surface area contributed by atoms with Crippen molar-refractivity contribution in [1.82, 2.24) is 0 Å². The SMILES string of the molecule is CCOc1c(C)cc(Cl)c(C)c1CCC(CN)CN. The summed E-state index contributed by atoms with van der Waals surface area (Å²) in [6.45, 7) is 7.97. The summed E-state index contributed by atoms with van der Waals surface area (Å²) in [6, 6.07) is 1.97. The predicted octanol–water partition coefficient (Wildman–Crippen LogP) is 2.82. The van der Waals surface area contributed by atoms with Crippen molar-refractivity contribution in [2.24, 2.45) is 17.4 Å². The van der Waals surface area contributed by atoms with Crippen molar-refractivity contribution >= 4 is 11.6 Å². The highest BCUT2D eigenvalue weighted by Gasteiger charge is 2.15. The van der Waals surface area contributed by atoms with Crippen LogP contribution in [0, 0.1) is 19.8 Å². The van der Waals surface area contributed by atoms with Crippen LogP contribution < -0.4 is 16.2 Å². The molecule has 19 heavy (non-hydrogen) atoms. The number of nitrogens with two attached hydrogens (primary N) is 2. The Labute approximate surface area is 121 Å². The summed E-state index contributed by atoms with van der Waals surface area (Å²) >= 11 is 6.27. The number of halogens is 1. The minimum atomic E-state index is 0.355. The molecule has 1 aromatic carbocycles. The number of aryl methyl sites for hydroxylation is 1. The van der Waals surface area contributed by atoms with Crippen molar-refractivity contribution in [2.45, 2.75) is 33.6 Å². The smallest absolute Gasteiger partial charge is 0.125 e. The molecule has 0 aliphatic rings. The molecular formula is C15H25ClN2O. The first kappa shape index (κ1) is 16.3. The Kier molecular flexibility index (Phi) is 6.63. The Hall–Kier alpha value is -0.770. The first-order valence-electron chi connectivity index (χ1n) is 6.86. The summed E-state index contributed by atoms with van der Waals surface area (Å²) in [6.07, 6.45) is 1.87. The topological polar surface area (TPSA) is 61.3 Å². The molecule has 0 saturated carbocycles. The summed E-state index contributed by atoms with van der Waals surface area (Å²) in [7, 11) is 0. The van der Waals surface area contributed by atoms with E-state index in [1.807, 2.05) is 26.8 Å². The first-order valence-corrected chi connectivity index (χ1v) is 7.24. The summed E-state index contributed by atoms with van der Waals surface area (Å²) < 4.78 is 5.78. The van der Waals surface area contributed by atoms with Crippen molar-refractivity contribution in [3.05, 3.63) is 27.8 Å². The molecule has 0 atom stereocenters. The molecule has 0 bridgehead atoms. The predicted molar refractivity (Wildman–Crippen MR) is 82.0 cm³/mol. The van der Waals surface area contributed by atoms with Crippen molar-refractivity contribution in [3.63, 3.8) is 0 Å². The van der Waals surface area contributed by atoms with Crippen molar-refractivity contribution in [1.29, 1.82) is 0 Å². The van der Waals surface area contributed by atoms with Gasteiger partial charge in [-0.2, -0.15) is 0 Å². The van der Waals surface area contributed by atoms with Crippen LogP contribution in [0.25, 0.3) is 0 Å². The molecule has 0 spiro atoms. The van der Waals surface area contributed by atoms with Crippen molar-refractivity contribution in [3.8, 4) is 5.75 Å². The van der Waals surface area contributed by atoms with Gasteiger partial charge in [-0.05, 0) is 75.4 Å². The second kappa shape index (κ2) is 7.73. The first-order chi connectivity index (χ1) is 9.04. The summed E-state index contributed by atoms with van der Waals surface area (Å²) in [5.74, 6) is 1.32. The number of rotatable bonds is 7. The van der Waals surface area contributed by atoms with Gasteiger partial charge in [0, 0.05) is 5.02 Å². The zero-order valence-electron chi connectivity index (χ0n) is 12.1. The van der Waals surface area contributed by atoms with E-state index in [0.717, 1.165) is 34.7 Å². The van der Waals surface area contributed by atoms with Gasteiger partial charge in [0.15, 0.2) is 0 Å². The molecule has 4 heteroatoms. The highest BCUT2D eigenvalue weighted by Crippen LogP contribution is 2.33. The summed E-state index contributed by atoms with van der Waals surface area (Å²) in [4.78, 5) is 0. The lowest BCUT2D eigenvalue weighted by Crippen LogP contribution is -2.23. The number of hydrogen-bond donors (Lipinski definition) is 2. The molecule has 108 valence electrons. The average molecular weight is 285 g/mol. The molecule has 0 aromatic heterocycles. The minimum Gasteiger partial charge on any atom is -0.493 e. The van der Waals surface area contributed by atoms with Crippen LogP contribution in [0.3, 0.4) is 0 Å². The summed E-state index contributed by atoms with van der Waals surface area (Å²) in [5.41, 5.74) is 14.8. The van der Waals surface area contributed by atoms with E-state index in [1.165, 1.54) is 5.56 Å². The minimum absolute atomic E-state index is 0.355. The summed E-state index contributed by atoms with van der Waals surface area (Å²) in [5, 5.41) is 0.799. The average Bonchev–Trinajstić information content (AvgIpc) is 2.39. The van der Waals surface area contributed by atoms with Gasteiger partial charge in [0.25, 0.3) is 0 Å². The maximum Gasteiger partial charge on any atom is 0.125 e. The second-order valence-electron chi connectivity index (χ2n) is 4.92. The van der Waals surface area contributed by atoms with Gasteiger partial charge in [-0.3, -0.25) is 0 Å². The van der Waals surface area contributed by atoms with E-state index in [9.17, 15) is 0 Å². The van der Waals surface area contributed by atoms with Gasteiger partial charge in [-0.1, -0.05) is 11.6 Å². The van der Waals surface area contributed by atoms with E-state index < -0.39 is 0 Å². The van der Waals surface area contributed by atoms with E-state index in [4.69, 9.17) is 27.8 Å². The zero-order chi connectivity index (χ0) is 14.4. The molecule has 1 rings (SSSR count). The van der Waals surface area contributed by atoms with Crippen LogP contribution in [0.5, 0.6) is 5.75 Å². The standard InChI is InChI=1S/C15H25ClN2O/c1-4-19-15-10(2)7-14(16)11(3)13(15)6-5-12(8-17)9-18/h7,12H,4-6,8-9,17-18H2,1-3H3. The fourth-order valence-corrected chi connectivity index (χ4v) is 2.52. The lowest BCUT2D eigenvalue weighted by Gasteiger charge is -2.19. The largest absolute Gasteiger partial charge is 0.493 e. The maximum absolute atomic E-state index is 6.27. The van der Waals surface area contributed by atoms with Gasteiger partial charge in [0.1, 0.15) is 5.75 Å². The Morgan fingerprint density at radius 3 is 2.42 bits per heavy atom. The van der Waals surface area contributed by atoms with Crippen LogP contribution >= 0.6 is 11.6 Å².